The summed E-state index contributed by atoms with van der Waals surface area (Å²) in [7, 11) is 0. The molecule has 0 amide bonds. The third kappa shape index (κ3) is 1.52. The van der Waals surface area contributed by atoms with Crippen molar-refractivity contribution in [1.29, 1.82) is 5.26 Å². The summed E-state index contributed by atoms with van der Waals surface area (Å²) in [6, 6.07) is 11.3. The van der Waals surface area contributed by atoms with E-state index in [9.17, 15) is 0 Å². The van der Waals surface area contributed by atoms with Crippen LogP contribution >= 0.6 is 0 Å². The van der Waals surface area contributed by atoms with Gasteiger partial charge in [0.05, 0.1) is 23.9 Å². The molecule has 2 aromatic heterocycles. The molecule has 0 saturated heterocycles. The molecule has 3 rings (SSSR count). The molecule has 88 valence electrons. The fourth-order valence-electron chi connectivity index (χ4n) is 1.98. The number of nitriles is 1. The van der Waals surface area contributed by atoms with Crippen molar-refractivity contribution in [3.63, 3.8) is 0 Å². The smallest absolute Gasteiger partial charge is 0.201 e. The second-order valence-corrected chi connectivity index (χ2v) is 3.92. The number of aromatic nitrogens is 2. The summed E-state index contributed by atoms with van der Waals surface area (Å²) in [5.41, 5.74) is 7.88. The molecule has 0 aliphatic carbocycles. The van der Waals surface area contributed by atoms with Gasteiger partial charge in [0.2, 0.25) is 5.95 Å². The van der Waals surface area contributed by atoms with Crippen LogP contribution in [0.4, 0.5) is 5.95 Å². The van der Waals surface area contributed by atoms with Crippen molar-refractivity contribution in [2.45, 2.75) is 6.54 Å². The molecule has 2 heterocycles. The molecule has 3 aromatic rings. The van der Waals surface area contributed by atoms with Crippen molar-refractivity contribution < 1.29 is 4.42 Å². The van der Waals surface area contributed by atoms with Crippen LogP contribution in [-0.2, 0) is 6.54 Å². The van der Waals surface area contributed by atoms with Crippen LogP contribution < -0.4 is 5.73 Å². The van der Waals surface area contributed by atoms with E-state index >= 15 is 0 Å². The fourth-order valence-corrected chi connectivity index (χ4v) is 1.98. The number of nitrogens with two attached hydrogens (primary N) is 1. The van der Waals surface area contributed by atoms with E-state index in [1.807, 2.05) is 28.8 Å². The van der Waals surface area contributed by atoms with Gasteiger partial charge in [-0.3, -0.25) is 0 Å². The molecule has 5 nitrogen and oxygen atoms in total. The lowest BCUT2D eigenvalue weighted by Crippen LogP contribution is -2.03. The molecular formula is C13H10N4O. The Morgan fingerprint density at radius 3 is 2.94 bits per heavy atom. The zero-order valence-electron chi connectivity index (χ0n) is 9.50. The van der Waals surface area contributed by atoms with Gasteiger partial charge in [0, 0.05) is 0 Å². The number of nitrogen functional groups attached to an aromatic ring is 1. The van der Waals surface area contributed by atoms with E-state index in [4.69, 9.17) is 15.4 Å². The van der Waals surface area contributed by atoms with E-state index in [1.165, 1.54) is 0 Å². The third-order valence-electron chi connectivity index (χ3n) is 2.82. The Hall–Kier alpha value is -2.74. The Morgan fingerprint density at radius 1 is 1.33 bits per heavy atom. The molecule has 0 aliphatic heterocycles. The van der Waals surface area contributed by atoms with Crippen LogP contribution in [0.3, 0.4) is 0 Å². The lowest BCUT2D eigenvalue weighted by molar-refractivity contribution is 0.497. The Morgan fingerprint density at radius 2 is 2.22 bits per heavy atom. The highest BCUT2D eigenvalue weighted by Gasteiger charge is 2.12. The van der Waals surface area contributed by atoms with Gasteiger partial charge in [-0.05, 0) is 24.3 Å². The van der Waals surface area contributed by atoms with Crippen molar-refractivity contribution >= 4 is 17.0 Å². The van der Waals surface area contributed by atoms with Gasteiger partial charge in [-0.15, -0.1) is 0 Å². The summed E-state index contributed by atoms with van der Waals surface area (Å²) in [5, 5.41) is 9.03. The first-order valence-corrected chi connectivity index (χ1v) is 5.47. The van der Waals surface area contributed by atoms with Crippen molar-refractivity contribution in [3.8, 4) is 6.07 Å². The first kappa shape index (κ1) is 10.4. The Balaban J connectivity index is 2.18. The number of para-hydroxylation sites is 1. The monoisotopic (exact) mass is 238 g/mol. The van der Waals surface area contributed by atoms with Crippen molar-refractivity contribution in [2.75, 3.05) is 5.73 Å². The SMILES string of the molecule is N#Cc1cccc2c1nc(N)n2Cc1ccco1. The van der Waals surface area contributed by atoms with Crippen LogP contribution in [-0.4, -0.2) is 9.55 Å². The van der Waals surface area contributed by atoms with Crippen LogP contribution in [0.5, 0.6) is 0 Å². The molecule has 0 aliphatic rings. The lowest BCUT2D eigenvalue weighted by atomic mass is 10.2. The zero-order chi connectivity index (χ0) is 12.5. The van der Waals surface area contributed by atoms with Gasteiger partial charge in [-0.2, -0.15) is 5.26 Å². The summed E-state index contributed by atoms with van der Waals surface area (Å²) in [4.78, 5) is 4.24. The number of anilines is 1. The Kier molecular flexibility index (Phi) is 2.27. The summed E-state index contributed by atoms with van der Waals surface area (Å²) >= 11 is 0. The highest BCUT2D eigenvalue weighted by molar-refractivity contribution is 5.84. The van der Waals surface area contributed by atoms with Gasteiger partial charge in [-0.25, -0.2) is 4.98 Å². The average molecular weight is 238 g/mol. The number of hydrogen-bond acceptors (Lipinski definition) is 4. The van der Waals surface area contributed by atoms with Crippen LogP contribution in [0.2, 0.25) is 0 Å². The molecule has 18 heavy (non-hydrogen) atoms. The molecule has 0 bridgehead atoms. The van der Waals surface area contributed by atoms with Crippen LogP contribution in [0.25, 0.3) is 11.0 Å². The summed E-state index contributed by atoms with van der Waals surface area (Å²) in [6.45, 7) is 0.504. The molecule has 0 spiro atoms. The predicted octanol–water partition coefficient (Wildman–Crippen LogP) is 2.13. The number of nitrogens with zero attached hydrogens (tertiary/aromatic N) is 3. The van der Waals surface area contributed by atoms with Gasteiger partial charge >= 0.3 is 0 Å². The minimum atomic E-state index is 0.379. The summed E-state index contributed by atoms with van der Waals surface area (Å²) < 4.78 is 7.13. The van der Waals surface area contributed by atoms with Gasteiger partial charge in [0.25, 0.3) is 0 Å². The summed E-state index contributed by atoms with van der Waals surface area (Å²) in [6.07, 6.45) is 1.62. The number of imidazole rings is 1. The van der Waals surface area contributed by atoms with Gasteiger partial charge in [0.1, 0.15) is 17.3 Å². The van der Waals surface area contributed by atoms with Crippen molar-refractivity contribution in [2.24, 2.45) is 0 Å². The first-order chi connectivity index (χ1) is 8.79. The predicted molar refractivity (Wildman–Crippen MR) is 66.7 cm³/mol. The number of fused-ring (bicyclic) bond motifs is 1. The maximum absolute atomic E-state index is 9.03. The summed E-state index contributed by atoms with van der Waals surface area (Å²) in [5.74, 6) is 1.17. The third-order valence-corrected chi connectivity index (χ3v) is 2.82. The zero-order valence-corrected chi connectivity index (χ0v) is 9.50. The van der Waals surface area contributed by atoms with E-state index in [-0.39, 0.29) is 0 Å². The van der Waals surface area contributed by atoms with E-state index in [2.05, 4.69) is 11.1 Å². The standard InChI is InChI=1S/C13H10N4O/c14-7-9-3-1-5-11-12(9)16-13(15)17(11)8-10-4-2-6-18-10/h1-6H,8H2,(H2,15,16). The molecule has 1 aromatic carbocycles. The largest absolute Gasteiger partial charge is 0.467 e. The minimum Gasteiger partial charge on any atom is -0.467 e. The highest BCUT2D eigenvalue weighted by atomic mass is 16.3. The second kappa shape index (κ2) is 3.93. The topological polar surface area (TPSA) is 80.8 Å². The quantitative estimate of drug-likeness (QED) is 0.741. The van der Waals surface area contributed by atoms with Crippen LogP contribution in [0.15, 0.2) is 41.0 Å². The molecule has 0 atom stereocenters. The second-order valence-electron chi connectivity index (χ2n) is 3.92. The molecule has 0 saturated carbocycles. The molecule has 0 unspecified atom stereocenters. The first-order valence-electron chi connectivity index (χ1n) is 5.47. The number of furan rings is 1. The number of hydrogen-bond donors (Lipinski definition) is 1. The van der Waals surface area contributed by atoms with Crippen molar-refractivity contribution in [3.05, 3.63) is 47.9 Å². The van der Waals surface area contributed by atoms with E-state index in [1.54, 1.807) is 12.3 Å². The lowest BCUT2D eigenvalue weighted by Gasteiger charge is -2.03. The Bertz CT molecular complexity index is 734. The van der Waals surface area contributed by atoms with Crippen LogP contribution in [0.1, 0.15) is 11.3 Å². The van der Waals surface area contributed by atoms with Gasteiger partial charge in [-0.1, -0.05) is 6.07 Å². The van der Waals surface area contributed by atoms with E-state index < -0.39 is 0 Å². The van der Waals surface area contributed by atoms with E-state index in [0.717, 1.165) is 11.3 Å². The molecule has 5 heteroatoms. The molecule has 0 radical (unpaired) electrons. The van der Waals surface area contributed by atoms with Crippen LogP contribution in [0, 0.1) is 11.3 Å². The number of benzene rings is 1. The molecule has 0 fully saturated rings. The average Bonchev–Trinajstić information content (AvgIpc) is 2.99. The van der Waals surface area contributed by atoms with Gasteiger partial charge in [0.15, 0.2) is 0 Å². The maximum atomic E-state index is 9.03. The van der Waals surface area contributed by atoms with Gasteiger partial charge < -0.3 is 14.7 Å². The fraction of sp³-hybridized carbons (Fsp3) is 0.0769. The Labute approximate surface area is 103 Å². The minimum absolute atomic E-state index is 0.379. The normalized spacial score (nSPS) is 10.6. The maximum Gasteiger partial charge on any atom is 0.201 e. The number of rotatable bonds is 2. The van der Waals surface area contributed by atoms with Crippen molar-refractivity contribution in [1.82, 2.24) is 9.55 Å². The molecular weight excluding hydrogens is 228 g/mol. The highest BCUT2D eigenvalue weighted by Crippen LogP contribution is 2.22. The van der Waals surface area contributed by atoms with E-state index in [0.29, 0.717) is 23.6 Å². The molecule has 2 N–H and O–H groups in total.